The maximum Gasteiger partial charge on any atom is 0.273 e. The van der Waals surface area contributed by atoms with Crippen molar-refractivity contribution >= 4 is 17.7 Å². The number of likely N-dealkylation sites (N-methyl/N-ethyl adjacent to an activating group) is 1. The van der Waals surface area contributed by atoms with Crippen molar-refractivity contribution in [3.8, 4) is 0 Å². The number of nitrogens with zero attached hydrogens (tertiary/aromatic N) is 3. The lowest BCUT2D eigenvalue weighted by atomic mass is 9.94. The van der Waals surface area contributed by atoms with Crippen LogP contribution in [0.5, 0.6) is 0 Å². The summed E-state index contributed by atoms with van der Waals surface area (Å²) in [5, 5.41) is 5.68. The van der Waals surface area contributed by atoms with Crippen LogP contribution in [0.3, 0.4) is 0 Å². The Balaban J connectivity index is 2.18. The third-order valence-corrected chi connectivity index (χ3v) is 4.86. The monoisotopic (exact) mass is 407 g/mol. The maximum absolute atomic E-state index is 13.2. The van der Waals surface area contributed by atoms with Crippen LogP contribution in [-0.4, -0.2) is 69.6 Å². The zero-order valence-electron chi connectivity index (χ0n) is 18.2. The summed E-state index contributed by atoms with van der Waals surface area (Å²) in [5.74, 6) is -0.993. The number of hydrogen-bond acceptors (Lipinski definition) is 5. The Labute approximate surface area is 172 Å². The molecule has 2 rings (SSSR count). The van der Waals surface area contributed by atoms with E-state index in [2.05, 4.69) is 15.6 Å². The van der Waals surface area contributed by atoms with Crippen LogP contribution in [0, 0.1) is 0 Å². The van der Waals surface area contributed by atoms with Crippen molar-refractivity contribution in [3.63, 3.8) is 0 Å². The fourth-order valence-electron chi connectivity index (χ4n) is 3.46. The number of nitrogens with one attached hydrogen (secondary N) is 2. The Bertz CT molecular complexity index is 758. The van der Waals surface area contributed by atoms with E-state index in [1.54, 1.807) is 11.5 Å². The molecule has 0 radical (unpaired) electrons. The topological polar surface area (TPSA) is 106 Å². The van der Waals surface area contributed by atoms with Crippen molar-refractivity contribution in [1.82, 2.24) is 25.1 Å². The molecule has 0 bridgehead atoms. The molecule has 2 N–H and O–H groups in total. The summed E-state index contributed by atoms with van der Waals surface area (Å²) in [6.07, 6.45) is 2.30. The van der Waals surface area contributed by atoms with E-state index < -0.39 is 11.4 Å². The molecule has 0 saturated carbocycles. The summed E-state index contributed by atoms with van der Waals surface area (Å²) in [6.45, 7) is 12.8. The molecule has 0 saturated heterocycles. The fraction of sp³-hybridized carbons (Fsp3) is 0.700. The molecule has 0 aromatic carbocycles. The van der Waals surface area contributed by atoms with Gasteiger partial charge in [-0.25, -0.2) is 4.98 Å². The van der Waals surface area contributed by atoms with E-state index in [-0.39, 0.29) is 41.9 Å². The van der Waals surface area contributed by atoms with E-state index in [0.29, 0.717) is 26.1 Å². The number of carbonyl (C=O) groups excluding carboxylic acids is 3. The van der Waals surface area contributed by atoms with Gasteiger partial charge in [0.25, 0.3) is 11.8 Å². The Morgan fingerprint density at radius 1 is 1.31 bits per heavy atom. The zero-order valence-corrected chi connectivity index (χ0v) is 18.2. The van der Waals surface area contributed by atoms with E-state index >= 15 is 0 Å². The standard InChI is InChI=1S/C20H33N5O4/c1-7-25-18(27)16-15(17(26)23-13(2)3)22-12-24(16)11-20(25,6)19(28)21-9-8-10-29-14(4)5/h12-14H,7-11H2,1-6H3,(H,21,28)(H,23,26). The average Bonchev–Trinajstić information content (AvgIpc) is 3.04. The summed E-state index contributed by atoms with van der Waals surface area (Å²) >= 11 is 0. The van der Waals surface area contributed by atoms with Gasteiger partial charge in [0, 0.05) is 25.7 Å². The molecule has 1 atom stereocenters. The lowest BCUT2D eigenvalue weighted by Crippen LogP contribution is -2.64. The number of rotatable bonds is 9. The van der Waals surface area contributed by atoms with E-state index in [1.165, 1.54) is 11.2 Å². The minimum atomic E-state index is -1.07. The second-order valence-electron chi connectivity index (χ2n) is 8.05. The van der Waals surface area contributed by atoms with E-state index in [4.69, 9.17) is 4.74 Å². The van der Waals surface area contributed by atoms with Crippen LogP contribution in [-0.2, 0) is 16.1 Å². The van der Waals surface area contributed by atoms with Gasteiger partial charge in [-0.1, -0.05) is 0 Å². The van der Waals surface area contributed by atoms with Crippen LogP contribution in [0.4, 0.5) is 0 Å². The van der Waals surface area contributed by atoms with Crippen molar-refractivity contribution in [3.05, 3.63) is 17.7 Å². The summed E-state index contributed by atoms with van der Waals surface area (Å²) in [5.41, 5.74) is -0.749. The molecule has 162 valence electrons. The second kappa shape index (κ2) is 9.39. The van der Waals surface area contributed by atoms with Crippen LogP contribution < -0.4 is 10.6 Å². The predicted octanol–water partition coefficient (Wildman–Crippen LogP) is 1.19. The first-order valence-corrected chi connectivity index (χ1v) is 10.2. The number of amides is 3. The Morgan fingerprint density at radius 3 is 2.59 bits per heavy atom. The fourth-order valence-corrected chi connectivity index (χ4v) is 3.46. The first-order chi connectivity index (χ1) is 13.6. The molecule has 1 unspecified atom stereocenters. The van der Waals surface area contributed by atoms with Gasteiger partial charge in [0.05, 0.1) is 19.0 Å². The molecule has 29 heavy (non-hydrogen) atoms. The predicted molar refractivity (Wildman–Crippen MR) is 109 cm³/mol. The quantitative estimate of drug-likeness (QED) is 0.598. The number of carbonyl (C=O) groups is 3. The minimum Gasteiger partial charge on any atom is -0.379 e. The molecule has 1 aromatic rings. The highest BCUT2D eigenvalue weighted by Crippen LogP contribution is 2.28. The molecule has 0 aliphatic carbocycles. The Kier molecular flexibility index (Phi) is 7.40. The molecule has 9 nitrogen and oxygen atoms in total. The SMILES string of the molecule is CCN1C(=O)c2c(C(=O)NC(C)C)ncn2CC1(C)C(=O)NCCCOC(C)C. The van der Waals surface area contributed by atoms with Crippen LogP contribution in [0.15, 0.2) is 6.33 Å². The number of hydrogen-bond donors (Lipinski definition) is 2. The van der Waals surface area contributed by atoms with Gasteiger partial charge in [0.15, 0.2) is 5.69 Å². The largest absolute Gasteiger partial charge is 0.379 e. The summed E-state index contributed by atoms with van der Waals surface area (Å²) in [4.78, 5) is 44.2. The second-order valence-corrected chi connectivity index (χ2v) is 8.05. The van der Waals surface area contributed by atoms with Crippen LogP contribution in [0.1, 0.15) is 68.9 Å². The van der Waals surface area contributed by atoms with Gasteiger partial charge in [-0.15, -0.1) is 0 Å². The molecule has 2 heterocycles. The molecule has 0 spiro atoms. The molecule has 9 heteroatoms. The first kappa shape index (κ1) is 22.9. The Morgan fingerprint density at radius 2 is 2.00 bits per heavy atom. The highest BCUT2D eigenvalue weighted by atomic mass is 16.5. The highest BCUT2D eigenvalue weighted by Gasteiger charge is 2.48. The van der Waals surface area contributed by atoms with E-state index in [1.807, 2.05) is 34.6 Å². The van der Waals surface area contributed by atoms with Crippen molar-refractivity contribution in [2.75, 3.05) is 19.7 Å². The number of fused-ring (bicyclic) bond motifs is 1. The van der Waals surface area contributed by atoms with Gasteiger partial charge in [-0.2, -0.15) is 0 Å². The Hall–Kier alpha value is -2.42. The third kappa shape index (κ3) is 4.95. The summed E-state index contributed by atoms with van der Waals surface area (Å²) < 4.78 is 7.09. The normalized spacial score (nSPS) is 18.9. The zero-order chi connectivity index (χ0) is 21.8. The molecular weight excluding hydrogens is 374 g/mol. The van der Waals surface area contributed by atoms with Crippen molar-refractivity contribution in [1.29, 1.82) is 0 Å². The molecule has 3 amide bonds. The van der Waals surface area contributed by atoms with Crippen LogP contribution >= 0.6 is 0 Å². The summed E-state index contributed by atoms with van der Waals surface area (Å²) in [6, 6.07) is -0.0726. The van der Waals surface area contributed by atoms with Crippen LogP contribution in [0.2, 0.25) is 0 Å². The maximum atomic E-state index is 13.2. The van der Waals surface area contributed by atoms with Gasteiger partial charge in [0.2, 0.25) is 5.91 Å². The lowest BCUT2D eigenvalue weighted by molar-refractivity contribution is -0.132. The van der Waals surface area contributed by atoms with Gasteiger partial charge >= 0.3 is 0 Å². The number of ether oxygens (including phenoxy) is 1. The van der Waals surface area contributed by atoms with Gasteiger partial charge in [-0.3, -0.25) is 14.4 Å². The van der Waals surface area contributed by atoms with Crippen LogP contribution in [0.25, 0.3) is 0 Å². The lowest BCUT2D eigenvalue weighted by Gasteiger charge is -2.43. The molecule has 0 fully saturated rings. The van der Waals surface area contributed by atoms with Crippen molar-refractivity contribution < 1.29 is 19.1 Å². The first-order valence-electron chi connectivity index (χ1n) is 10.2. The average molecular weight is 408 g/mol. The van der Waals surface area contributed by atoms with E-state index in [9.17, 15) is 14.4 Å². The van der Waals surface area contributed by atoms with E-state index in [0.717, 1.165) is 0 Å². The van der Waals surface area contributed by atoms with Crippen molar-refractivity contribution in [2.45, 2.75) is 72.2 Å². The molecule has 1 aliphatic heterocycles. The number of aromatic nitrogens is 2. The highest BCUT2D eigenvalue weighted by molar-refractivity contribution is 6.07. The summed E-state index contributed by atoms with van der Waals surface area (Å²) in [7, 11) is 0. The van der Waals surface area contributed by atoms with Gasteiger partial charge < -0.3 is 24.8 Å². The van der Waals surface area contributed by atoms with Gasteiger partial charge in [0.1, 0.15) is 11.2 Å². The number of imidazole rings is 1. The third-order valence-electron chi connectivity index (χ3n) is 4.86. The minimum absolute atomic E-state index is 0.0726. The molecule has 1 aliphatic rings. The van der Waals surface area contributed by atoms with Gasteiger partial charge in [-0.05, 0) is 48.0 Å². The molecular formula is C20H33N5O4. The molecule has 1 aromatic heterocycles. The van der Waals surface area contributed by atoms with Crippen molar-refractivity contribution in [2.24, 2.45) is 0 Å². The smallest absolute Gasteiger partial charge is 0.273 e.